The number of ether oxygens (including phenoxy) is 2. The largest absolute Gasteiger partial charge is 0.411 e. The van der Waals surface area contributed by atoms with Crippen molar-refractivity contribution in [2.75, 3.05) is 18.1 Å². The van der Waals surface area contributed by atoms with Crippen LogP contribution in [-0.4, -0.2) is 56.8 Å². The van der Waals surface area contributed by atoms with E-state index in [2.05, 4.69) is 39.2 Å². The summed E-state index contributed by atoms with van der Waals surface area (Å²) in [6.45, 7) is 6.10. The number of terminal acetylenes is 1. The molecular weight excluding hydrogens is 518 g/mol. The van der Waals surface area contributed by atoms with E-state index in [0.717, 1.165) is 42.7 Å². The van der Waals surface area contributed by atoms with E-state index in [9.17, 15) is 4.79 Å². The van der Waals surface area contributed by atoms with Gasteiger partial charge in [0.05, 0.1) is 25.3 Å². The highest BCUT2D eigenvalue weighted by atomic mass is 35.5. The monoisotopic (exact) mass is 549 g/mol. The van der Waals surface area contributed by atoms with Crippen LogP contribution in [0.3, 0.4) is 0 Å². The number of anilines is 1. The van der Waals surface area contributed by atoms with Gasteiger partial charge in [-0.05, 0) is 57.6 Å². The number of fused-ring (bicyclic) bond motifs is 1. The zero-order valence-corrected chi connectivity index (χ0v) is 22.8. The van der Waals surface area contributed by atoms with Crippen LogP contribution in [-0.2, 0) is 16.0 Å². The predicted molar refractivity (Wildman–Crippen MR) is 150 cm³/mol. The maximum Gasteiger partial charge on any atom is 0.411 e. The molecule has 2 aromatic heterocycles. The topological polar surface area (TPSA) is 132 Å². The highest BCUT2D eigenvalue weighted by Gasteiger charge is 2.33. The quantitative estimate of drug-likeness (QED) is 0.269. The average molecular weight is 550 g/mol. The van der Waals surface area contributed by atoms with Crippen molar-refractivity contribution in [2.45, 2.75) is 58.2 Å². The Bertz CT molecular complexity index is 1430. The molecule has 2 fully saturated rings. The number of carbonyl (C=O) groups excluding carboxylic acids is 1. The molecule has 1 amide bonds. The van der Waals surface area contributed by atoms with Crippen LogP contribution in [0.1, 0.15) is 45.4 Å². The normalized spacial score (nSPS) is 23.4. The zero-order valence-electron chi connectivity index (χ0n) is 22.1. The number of nitrogens with one attached hydrogen (secondary N) is 1. The van der Waals surface area contributed by atoms with Crippen molar-refractivity contribution in [1.82, 2.24) is 19.5 Å². The highest BCUT2D eigenvalue weighted by Crippen LogP contribution is 2.37. The molecule has 0 spiro atoms. The average Bonchev–Trinajstić information content (AvgIpc) is 3.25. The van der Waals surface area contributed by atoms with Gasteiger partial charge in [0.25, 0.3) is 5.90 Å². The number of morpholine rings is 1. The second kappa shape index (κ2) is 11.2. The van der Waals surface area contributed by atoms with Gasteiger partial charge >= 0.3 is 6.09 Å². The Kier molecular flexibility index (Phi) is 7.73. The van der Waals surface area contributed by atoms with Gasteiger partial charge in [0.1, 0.15) is 11.2 Å². The molecule has 1 aromatic carbocycles. The summed E-state index contributed by atoms with van der Waals surface area (Å²) in [5, 5.41) is 8.79. The van der Waals surface area contributed by atoms with Crippen LogP contribution >= 0.6 is 11.6 Å². The van der Waals surface area contributed by atoms with Crippen LogP contribution in [0.15, 0.2) is 24.3 Å². The van der Waals surface area contributed by atoms with Gasteiger partial charge in [-0.15, -0.1) is 12.3 Å². The number of nitrogens with zero attached hydrogens (tertiary/aromatic N) is 5. The molecule has 3 N–H and O–H groups in total. The van der Waals surface area contributed by atoms with Crippen molar-refractivity contribution in [3.8, 4) is 23.6 Å². The van der Waals surface area contributed by atoms with E-state index in [1.807, 2.05) is 12.1 Å². The number of aromatic nitrogens is 4. The number of hydrogen-bond donors (Lipinski definition) is 2. The van der Waals surface area contributed by atoms with E-state index in [-0.39, 0.29) is 17.9 Å². The van der Waals surface area contributed by atoms with Crippen LogP contribution < -0.4 is 10.6 Å². The standard InChI is InChI=1S/C28H32ClN7O3/c1-4-18-8-10-19(11-9-18)13-35-23-22(20-6-5-7-21(29)12-20)32-26(24(30)39-27(31)37)33-25(23)34-28(35)36-16(2)14-38-15-17(36)3/h1,5-7,12,16-19,30H,8-11,13-15H2,2-3H3,(H2,31,37). The van der Waals surface area contributed by atoms with E-state index in [1.54, 1.807) is 12.1 Å². The summed E-state index contributed by atoms with van der Waals surface area (Å²) >= 11 is 6.37. The number of carbonyl (C=O) groups is 1. The Balaban J connectivity index is 1.72. The Morgan fingerprint density at radius 2 is 1.92 bits per heavy atom. The van der Waals surface area contributed by atoms with Crippen LogP contribution in [0.4, 0.5) is 10.7 Å². The maximum absolute atomic E-state index is 11.4. The van der Waals surface area contributed by atoms with E-state index >= 15 is 0 Å². The summed E-state index contributed by atoms with van der Waals surface area (Å²) in [6, 6.07) is 7.49. The van der Waals surface area contributed by atoms with Gasteiger partial charge in [-0.25, -0.2) is 14.8 Å². The molecule has 1 saturated heterocycles. The molecule has 3 heterocycles. The fourth-order valence-corrected chi connectivity index (χ4v) is 5.84. The molecule has 204 valence electrons. The summed E-state index contributed by atoms with van der Waals surface area (Å²) in [4.78, 5) is 27.9. The van der Waals surface area contributed by atoms with Crippen molar-refractivity contribution in [3.63, 3.8) is 0 Å². The molecule has 0 bridgehead atoms. The molecule has 2 atom stereocenters. The lowest BCUT2D eigenvalue weighted by Gasteiger charge is -2.40. The summed E-state index contributed by atoms with van der Waals surface area (Å²) in [7, 11) is 0. The minimum atomic E-state index is -1.11. The van der Waals surface area contributed by atoms with Gasteiger partial charge in [0.15, 0.2) is 5.65 Å². The first-order chi connectivity index (χ1) is 18.7. The number of amides is 1. The minimum absolute atomic E-state index is 0.0834. The SMILES string of the molecule is C#CC1CCC(Cn2c(N3C(C)COCC3C)nc3nc(C(=N)OC(N)=O)nc(-c4cccc(Cl)c4)c32)CC1. The molecule has 2 aliphatic rings. The Labute approximate surface area is 232 Å². The molecule has 11 heteroatoms. The van der Waals surface area contributed by atoms with Gasteiger partial charge in [-0.3, -0.25) is 5.41 Å². The fraction of sp³-hybridized carbons (Fsp3) is 0.464. The second-order valence-electron chi connectivity index (χ2n) is 10.4. The minimum Gasteiger partial charge on any atom is -0.388 e. The Morgan fingerprint density at radius 1 is 1.21 bits per heavy atom. The summed E-state index contributed by atoms with van der Waals surface area (Å²) in [6.07, 6.45) is 8.63. The van der Waals surface area contributed by atoms with Crippen LogP contribution in [0.2, 0.25) is 5.02 Å². The molecule has 10 nitrogen and oxygen atoms in total. The molecule has 2 unspecified atom stereocenters. The third-order valence-electron chi connectivity index (χ3n) is 7.51. The number of benzene rings is 1. The molecule has 39 heavy (non-hydrogen) atoms. The highest BCUT2D eigenvalue weighted by molar-refractivity contribution is 6.30. The van der Waals surface area contributed by atoms with Gasteiger partial charge in [0.2, 0.25) is 11.8 Å². The van der Waals surface area contributed by atoms with Gasteiger partial charge in [-0.1, -0.05) is 23.7 Å². The van der Waals surface area contributed by atoms with Gasteiger partial charge in [0, 0.05) is 23.0 Å². The molecule has 1 saturated carbocycles. The summed E-state index contributed by atoms with van der Waals surface area (Å²) in [5.41, 5.74) is 7.56. The smallest absolute Gasteiger partial charge is 0.388 e. The third-order valence-corrected chi connectivity index (χ3v) is 7.74. The van der Waals surface area contributed by atoms with Crippen LogP contribution in [0.25, 0.3) is 22.4 Å². The summed E-state index contributed by atoms with van der Waals surface area (Å²) in [5.74, 6) is 3.77. The number of halogens is 1. The lowest BCUT2D eigenvalue weighted by atomic mass is 9.82. The fourth-order valence-electron chi connectivity index (χ4n) is 5.65. The van der Waals surface area contributed by atoms with Crippen molar-refractivity contribution < 1.29 is 14.3 Å². The molecule has 3 aromatic rings. The first kappa shape index (κ1) is 26.9. The molecule has 0 radical (unpaired) electrons. The Hall–Kier alpha value is -3.68. The van der Waals surface area contributed by atoms with E-state index < -0.39 is 12.0 Å². The maximum atomic E-state index is 11.4. The first-order valence-electron chi connectivity index (χ1n) is 13.2. The van der Waals surface area contributed by atoms with Crippen molar-refractivity contribution >= 4 is 40.7 Å². The number of rotatable bonds is 5. The van der Waals surface area contributed by atoms with E-state index in [4.69, 9.17) is 43.6 Å². The molecule has 5 rings (SSSR count). The van der Waals surface area contributed by atoms with Gasteiger partial charge in [-0.2, -0.15) is 4.98 Å². The molecule has 1 aliphatic heterocycles. The Morgan fingerprint density at radius 3 is 2.56 bits per heavy atom. The predicted octanol–water partition coefficient (Wildman–Crippen LogP) is 4.62. The van der Waals surface area contributed by atoms with Crippen molar-refractivity contribution in [3.05, 3.63) is 35.1 Å². The second-order valence-corrected chi connectivity index (χ2v) is 10.8. The first-order valence-corrected chi connectivity index (χ1v) is 13.6. The van der Waals surface area contributed by atoms with E-state index in [0.29, 0.717) is 48.0 Å². The third kappa shape index (κ3) is 5.56. The lowest BCUT2D eigenvalue weighted by Crippen LogP contribution is -2.51. The number of hydrogen-bond acceptors (Lipinski definition) is 8. The van der Waals surface area contributed by atoms with E-state index in [1.165, 1.54) is 0 Å². The lowest BCUT2D eigenvalue weighted by molar-refractivity contribution is 0.0742. The summed E-state index contributed by atoms with van der Waals surface area (Å²) < 4.78 is 12.8. The van der Waals surface area contributed by atoms with Crippen LogP contribution in [0.5, 0.6) is 0 Å². The molecule has 1 aliphatic carbocycles. The number of imidazole rings is 1. The van der Waals surface area contributed by atoms with Crippen LogP contribution in [0, 0.1) is 29.6 Å². The molecular formula is C28H32ClN7O3. The zero-order chi connectivity index (χ0) is 27.7. The van der Waals surface area contributed by atoms with Crippen molar-refractivity contribution in [2.24, 2.45) is 17.6 Å². The number of primary amides is 1. The van der Waals surface area contributed by atoms with Crippen molar-refractivity contribution in [1.29, 1.82) is 5.41 Å². The van der Waals surface area contributed by atoms with Gasteiger partial charge < -0.3 is 24.7 Å². The number of nitrogens with two attached hydrogens (primary N) is 1.